The summed E-state index contributed by atoms with van der Waals surface area (Å²) in [6, 6.07) is 2.55. The minimum atomic E-state index is 0.167. The van der Waals surface area contributed by atoms with E-state index in [1.807, 2.05) is 32.6 Å². The van der Waals surface area contributed by atoms with E-state index in [1.165, 1.54) is 11.3 Å². The van der Waals surface area contributed by atoms with Gasteiger partial charge in [0, 0.05) is 41.8 Å². The second kappa shape index (κ2) is 9.28. The highest BCUT2D eigenvalue weighted by Gasteiger charge is 2.42. The molecule has 33 heavy (non-hydrogen) atoms. The second-order valence-electron chi connectivity index (χ2n) is 9.17. The average molecular weight is 468 g/mol. The van der Waals surface area contributed by atoms with Crippen molar-refractivity contribution < 1.29 is 9.47 Å². The quantitative estimate of drug-likeness (QED) is 0.551. The van der Waals surface area contributed by atoms with Crippen molar-refractivity contribution in [3.63, 3.8) is 0 Å². The van der Waals surface area contributed by atoms with Crippen molar-refractivity contribution in [1.29, 1.82) is 0 Å². The van der Waals surface area contributed by atoms with Crippen molar-refractivity contribution in [2.75, 3.05) is 32.6 Å². The van der Waals surface area contributed by atoms with E-state index in [0.29, 0.717) is 22.5 Å². The lowest BCUT2D eigenvalue weighted by Gasteiger charge is -2.45. The number of nitrogens with one attached hydrogen (secondary N) is 1. The molecule has 1 saturated heterocycles. The zero-order valence-electron chi connectivity index (χ0n) is 19.2. The molecule has 10 heteroatoms. The molecule has 0 aromatic carbocycles. The normalized spacial score (nSPS) is 18.8. The topological polar surface area (TPSA) is 98.2 Å². The van der Waals surface area contributed by atoms with Crippen molar-refractivity contribution >= 4 is 22.4 Å². The molecule has 1 atom stereocenters. The zero-order valence-corrected chi connectivity index (χ0v) is 20.0. The fourth-order valence-electron chi connectivity index (χ4n) is 4.15. The summed E-state index contributed by atoms with van der Waals surface area (Å²) in [7, 11) is 4.07. The molecule has 1 N–H and O–H groups in total. The van der Waals surface area contributed by atoms with Gasteiger partial charge in [-0.2, -0.15) is 4.98 Å². The Kier molecular flexibility index (Phi) is 6.22. The standard InChI is InChI=1S/C23H29N7O2S/c1-15(30(2)3)16-10-25-20(26-11-16)29-22-27-12-19(33-22)18-6-9-24-21(28-18)32-17-4-7-23(8-5-17)13-31-14-23/h6,9-12,15,17H,4-5,7-8,13-14H2,1-3H3,(H,25,26,27,29)/t15-/m0/s1. The lowest BCUT2D eigenvalue weighted by Crippen LogP contribution is -2.46. The van der Waals surface area contributed by atoms with E-state index in [2.05, 4.69) is 42.1 Å². The van der Waals surface area contributed by atoms with Gasteiger partial charge in [-0.25, -0.2) is 19.9 Å². The molecule has 1 saturated carbocycles. The maximum atomic E-state index is 6.11. The molecule has 9 nitrogen and oxygen atoms in total. The van der Waals surface area contributed by atoms with Gasteiger partial charge < -0.3 is 19.7 Å². The molecule has 0 radical (unpaired) electrons. The molecule has 2 fully saturated rings. The number of hydrogen-bond donors (Lipinski definition) is 1. The number of nitrogens with zero attached hydrogens (tertiary/aromatic N) is 6. The minimum Gasteiger partial charge on any atom is -0.460 e. The number of ether oxygens (including phenoxy) is 2. The second-order valence-corrected chi connectivity index (χ2v) is 10.2. The van der Waals surface area contributed by atoms with E-state index in [1.54, 1.807) is 12.4 Å². The van der Waals surface area contributed by atoms with Crippen molar-refractivity contribution in [3.05, 3.63) is 36.4 Å². The summed E-state index contributed by atoms with van der Waals surface area (Å²) >= 11 is 1.49. The first kappa shape index (κ1) is 22.1. The van der Waals surface area contributed by atoms with Gasteiger partial charge >= 0.3 is 6.01 Å². The van der Waals surface area contributed by atoms with Crippen LogP contribution in [0.3, 0.4) is 0 Å². The lowest BCUT2D eigenvalue weighted by molar-refractivity contribution is -0.140. The number of hydrogen-bond acceptors (Lipinski definition) is 10. The van der Waals surface area contributed by atoms with E-state index in [-0.39, 0.29) is 12.1 Å². The van der Waals surface area contributed by atoms with Gasteiger partial charge in [0.1, 0.15) is 6.10 Å². The smallest absolute Gasteiger partial charge is 0.317 e. The van der Waals surface area contributed by atoms with Gasteiger partial charge in [-0.05, 0) is 52.8 Å². The number of rotatable bonds is 7. The van der Waals surface area contributed by atoms with Gasteiger partial charge in [-0.15, -0.1) is 0 Å². The molecule has 3 aromatic heterocycles. The van der Waals surface area contributed by atoms with Crippen LogP contribution in [0.1, 0.15) is 44.2 Å². The monoisotopic (exact) mass is 467 g/mol. The van der Waals surface area contributed by atoms with Crippen LogP contribution in [0.2, 0.25) is 0 Å². The Morgan fingerprint density at radius 3 is 2.55 bits per heavy atom. The molecule has 0 unspecified atom stereocenters. The highest BCUT2D eigenvalue weighted by atomic mass is 32.1. The highest BCUT2D eigenvalue weighted by Crippen LogP contribution is 2.43. The first-order valence-corrected chi connectivity index (χ1v) is 12.1. The van der Waals surface area contributed by atoms with Crippen molar-refractivity contribution in [2.45, 2.75) is 44.8 Å². The lowest BCUT2D eigenvalue weighted by atomic mass is 9.72. The fraction of sp³-hybridized carbons (Fsp3) is 0.522. The number of anilines is 2. The number of aromatic nitrogens is 5. The van der Waals surface area contributed by atoms with Crippen LogP contribution in [0.5, 0.6) is 6.01 Å². The van der Waals surface area contributed by atoms with E-state index in [4.69, 9.17) is 9.47 Å². The first-order valence-electron chi connectivity index (χ1n) is 11.3. The van der Waals surface area contributed by atoms with Crippen LogP contribution in [0, 0.1) is 5.41 Å². The Hall–Kier alpha value is -2.69. The third-order valence-corrected chi connectivity index (χ3v) is 7.56. The van der Waals surface area contributed by atoms with Crippen LogP contribution in [0.15, 0.2) is 30.9 Å². The molecule has 0 amide bonds. The Bertz CT molecular complexity index is 1070. The van der Waals surface area contributed by atoms with E-state index in [9.17, 15) is 0 Å². The Morgan fingerprint density at radius 2 is 1.88 bits per heavy atom. The summed E-state index contributed by atoms with van der Waals surface area (Å²) in [5.74, 6) is 0.518. The summed E-state index contributed by atoms with van der Waals surface area (Å²) < 4.78 is 11.5. The molecule has 0 bridgehead atoms. The van der Waals surface area contributed by atoms with E-state index >= 15 is 0 Å². The molecular weight excluding hydrogens is 438 g/mol. The van der Waals surface area contributed by atoms with Crippen LogP contribution in [-0.4, -0.2) is 63.2 Å². The molecule has 1 spiro atoms. The third-order valence-electron chi connectivity index (χ3n) is 6.62. The predicted octanol–water partition coefficient (Wildman–Crippen LogP) is 4.09. The molecular formula is C23H29N7O2S. The molecule has 4 heterocycles. The summed E-state index contributed by atoms with van der Waals surface area (Å²) in [6.07, 6.45) is 11.7. The highest BCUT2D eigenvalue weighted by molar-refractivity contribution is 7.18. The molecule has 174 valence electrons. The van der Waals surface area contributed by atoms with Gasteiger partial charge in [0.05, 0.1) is 23.8 Å². The SMILES string of the molecule is C[C@@H](c1cnc(Nc2ncc(-c3ccnc(OC4CCC5(CC4)COC5)n3)s2)nc1)N(C)C. The van der Waals surface area contributed by atoms with Gasteiger partial charge in [0.25, 0.3) is 0 Å². The summed E-state index contributed by atoms with van der Waals surface area (Å²) in [5, 5.41) is 3.88. The largest absolute Gasteiger partial charge is 0.460 e. The van der Waals surface area contributed by atoms with Gasteiger partial charge in [0.2, 0.25) is 5.95 Å². The predicted molar refractivity (Wildman–Crippen MR) is 127 cm³/mol. The van der Waals surface area contributed by atoms with Crippen LogP contribution in [-0.2, 0) is 4.74 Å². The van der Waals surface area contributed by atoms with Crippen molar-refractivity contribution in [2.24, 2.45) is 5.41 Å². The molecule has 2 aliphatic rings. The summed E-state index contributed by atoms with van der Waals surface area (Å²) in [6.45, 7) is 3.92. The summed E-state index contributed by atoms with van der Waals surface area (Å²) in [4.78, 5) is 25.3. The van der Waals surface area contributed by atoms with Crippen LogP contribution in [0.4, 0.5) is 11.1 Å². The average Bonchev–Trinajstić information content (AvgIpc) is 3.27. The Morgan fingerprint density at radius 1 is 1.12 bits per heavy atom. The maximum Gasteiger partial charge on any atom is 0.317 e. The fourth-order valence-corrected chi connectivity index (χ4v) is 4.93. The van der Waals surface area contributed by atoms with E-state index < -0.39 is 0 Å². The van der Waals surface area contributed by atoms with Gasteiger partial charge in [-0.3, -0.25) is 0 Å². The van der Waals surface area contributed by atoms with Crippen molar-refractivity contribution in [3.8, 4) is 16.6 Å². The third kappa shape index (κ3) is 4.97. The van der Waals surface area contributed by atoms with Gasteiger partial charge in [0.15, 0.2) is 5.13 Å². The van der Waals surface area contributed by atoms with Crippen LogP contribution < -0.4 is 10.1 Å². The Labute approximate surface area is 197 Å². The molecule has 5 rings (SSSR count). The van der Waals surface area contributed by atoms with Crippen LogP contribution in [0.25, 0.3) is 10.6 Å². The van der Waals surface area contributed by atoms with Crippen LogP contribution >= 0.6 is 11.3 Å². The molecule has 1 aliphatic carbocycles. The Balaban J connectivity index is 1.21. The maximum absolute atomic E-state index is 6.11. The minimum absolute atomic E-state index is 0.167. The van der Waals surface area contributed by atoms with Crippen molar-refractivity contribution in [1.82, 2.24) is 29.8 Å². The molecule has 3 aromatic rings. The number of thiazole rings is 1. The summed E-state index contributed by atoms with van der Waals surface area (Å²) in [5.41, 5.74) is 2.26. The van der Waals surface area contributed by atoms with E-state index in [0.717, 1.165) is 55.0 Å². The van der Waals surface area contributed by atoms with Gasteiger partial charge in [-0.1, -0.05) is 11.3 Å². The molecule has 1 aliphatic heterocycles. The zero-order chi connectivity index (χ0) is 22.8. The first-order chi connectivity index (χ1) is 16.0.